The Morgan fingerprint density at radius 3 is 2.60 bits per heavy atom. The monoisotopic (exact) mass is 513 g/mol. The Hall–Kier alpha value is -3.64. The summed E-state index contributed by atoms with van der Waals surface area (Å²) in [6, 6.07) is 7.71. The summed E-state index contributed by atoms with van der Waals surface area (Å²) in [4.78, 5) is 41.5. The number of thiophene rings is 1. The quantitative estimate of drug-likeness (QED) is 0.439. The summed E-state index contributed by atoms with van der Waals surface area (Å²) in [6.07, 6.45) is 3.88. The van der Waals surface area contributed by atoms with E-state index < -0.39 is 17.9 Å². The van der Waals surface area contributed by atoms with Gasteiger partial charge in [0.2, 0.25) is 12.7 Å². The smallest absolute Gasteiger partial charge is 0.273 e. The summed E-state index contributed by atoms with van der Waals surface area (Å²) in [6.45, 7) is 0.0625. The van der Waals surface area contributed by atoms with E-state index in [0.717, 1.165) is 37.2 Å². The van der Waals surface area contributed by atoms with Crippen LogP contribution in [0.3, 0.4) is 0 Å². The summed E-state index contributed by atoms with van der Waals surface area (Å²) in [5.74, 6) is -0.717. The summed E-state index contributed by atoms with van der Waals surface area (Å²) < 4.78 is 14.9. The zero-order valence-corrected chi connectivity index (χ0v) is 20.2. The van der Waals surface area contributed by atoms with Gasteiger partial charge in [0, 0.05) is 22.7 Å². The highest BCUT2D eigenvalue weighted by atomic mass is 32.1. The Morgan fingerprint density at radius 1 is 1.14 bits per heavy atom. The molecule has 1 atom stereocenters. The summed E-state index contributed by atoms with van der Waals surface area (Å²) in [5.41, 5.74) is 11.6. The van der Waals surface area contributed by atoms with Gasteiger partial charge in [-0.1, -0.05) is 18.9 Å². The zero-order valence-electron chi connectivity index (χ0n) is 18.6. The maximum absolute atomic E-state index is 14.0. The number of nitrogens with one attached hydrogen (secondary N) is 1. The molecule has 1 aliphatic carbocycles. The molecule has 0 bridgehead atoms. The number of rotatable bonds is 7. The lowest BCUT2D eigenvalue weighted by Crippen LogP contribution is -2.46. The molecule has 0 saturated heterocycles. The highest BCUT2D eigenvalue weighted by Gasteiger charge is 2.38. The second-order valence-electron chi connectivity index (χ2n) is 8.26. The fourth-order valence-electron chi connectivity index (χ4n) is 4.33. The first kappa shape index (κ1) is 23.1. The number of aromatic nitrogens is 1. The van der Waals surface area contributed by atoms with Crippen LogP contribution in [0.5, 0.6) is 11.5 Å². The normalized spacial score (nSPS) is 15.7. The Balaban J connectivity index is 1.61. The van der Waals surface area contributed by atoms with Gasteiger partial charge in [-0.3, -0.25) is 19.3 Å². The molecule has 0 spiro atoms. The van der Waals surface area contributed by atoms with Crippen LogP contribution in [0, 0.1) is 0 Å². The SMILES string of the molecule is NC(=O)c1nsc(C(=O)N(c2ccc3c(c2)OCO3)C(C(=O)NC2CCCC2)c2cccs2)c1N. The number of primary amides is 1. The van der Waals surface area contributed by atoms with E-state index in [1.165, 1.54) is 16.2 Å². The molecule has 1 aromatic carbocycles. The van der Waals surface area contributed by atoms with Crippen molar-refractivity contribution in [3.8, 4) is 11.5 Å². The van der Waals surface area contributed by atoms with Gasteiger partial charge in [-0.05, 0) is 48.0 Å². The molecular weight excluding hydrogens is 490 g/mol. The number of nitrogens with zero attached hydrogens (tertiary/aromatic N) is 2. The zero-order chi connectivity index (χ0) is 24.5. The molecule has 1 fully saturated rings. The second kappa shape index (κ2) is 9.55. The van der Waals surface area contributed by atoms with E-state index in [4.69, 9.17) is 20.9 Å². The van der Waals surface area contributed by atoms with Crippen LogP contribution in [0.4, 0.5) is 11.4 Å². The molecule has 2 aromatic heterocycles. The topological polar surface area (TPSA) is 150 Å². The van der Waals surface area contributed by atoms with E-state index >= 15 is 0 Å². The number of ether oxygens (including phenoxy) is 2. The molecule has 35 heavy (non-hydrogen) atoms. The van der Waals surface area contributed by atoms with Crippen molar-refractivity contribution in [1.29, 1.82) is 0 Å². The van der Waals surface area contributed by atoms with Crippen LogP contribution < -0.4 is 31.2 Å². The molecule has 0 radical (unpaired) electrons. The fourth-order valence-corrected chi connectivity index (χ4v) is 5.88. The maximum Gasteiger partial charge on any atom is 0.273 e. The van der Waals surface area contributed by atoms with Gasteiger partial charge in [0.15, 0.2) is 23.2 Å². The van der Waals surface area contributed by atoms with Gasteiger partial charge < -0.3 is 26.3 Å². The van der Waals surface area contributed by atoms with Gasteiger partial charge in [-0.25, -0.2) is 0 Å². The first-order chi connectivity index (χ1) is 16.9. The number of carbonyl (C=O) groups excluding carboxylic acids is 3. The minimum absolute atomic E-state index is 0.0201. The van der Waals surface area contributed by atoms with E-state index in [1.54, 1.807) is 18.2 Å². The van der Waals surface area contributed by atoms with Crippen molar-refractivity contribution in [1.82, 2.24) is 9.69 Å². The predicted octanol–water partition coefficient (Wildman–Crippen LogP) is 3.06. The van der Waals surface area contributed by atoms with E-state index in [0.29, 0.717) is 22.1 Å². The van der Waals surface area contributed by atoms with Gasteiger partial charge in [0.1, 0.15) is 4.88 Å². The van der Waals surface area contributed by atoms with Crippen LogP contribution in [0.25, 0.3) is 0 Å². The standard InChI is InChI=1S/C23H23N5O5S2/c24-17-18(21(25)29)27-35-20(17)23(31)28(13-7-8-14-15(10-13)33-11-32-14)19(16-6-3-9-34-16)22(30)26-12-4-1-2-5-12/h3,6-10,12,19H,1-2,4-5,11,24H2,(H2,25,29)(H,26,30). The fraction of sp³-hybridized carbons (Fsp3) is 0.304. The first-order valence-corrected chi connectivity index (χ1v) is 12.7. The van der Waals surface area contributed by atoms with Gasteiger partial charge in [0.05, 0.1) is 5.69 Å². The molecule has 1 saturated carbocycles. The third kappa shape index (κ3) is 4.42. The molecule has 10 nitrogen and oxygen atoms in total. The number of hydrogen-bond donors (Lipinski definition) is 3. The van der Waals surface area contributed by atoms with E-state index in [9.17, 15) is 14.4 Å². The van der Waals surface area contributed by atoms with Crippen molar-refractivity contribution in [3.05, 3.63) is 51.2 Å². The van der Waals surface area contributed by atoms with Crippen LogP contribution in [0.2, 0.25) is 0 Å². The number of anilines is 2. The Morgan fingerprint density at radius 2 is 1.91 bits per heavy atom. The highest BCUT2D eigenvalue weighted by molar-refractivity contribution is 7.10. The van der Waals surface area contributed by atoms with E-state index in [-0.39, 0.29) is 35.0 Å². The minimum Gasteiger partial charge on any atom is -0.454 e. The van der Waals surface area contributed by atoms with Crippen molar-refractivity contribution in [3.63, 3.8) is 0 Å². The lowest BCUT2D eigenvalue weighted by atomic mass is 10.1. The van der Waals surface area contributed by atoms with Crippen LogP contribution in [-0.4, -0.2) is 34.9 Å². The number of nitrogens with two attached hydrogens (primary N) is 2. The van der Waals surface area contributed by atoms with Gasteiger partial charge in [-0.15, -0.1) is 11.3 Å². The minimum atomic E-state index is -0.984. The maximum atomic E-state index is 14.0. The number of amides is 3. The molecule has 182 valence electrons. The molecule has 1 unspecified atom stereocenters. The van der Waals surface area contributed by atoms with Gasteiger partial charge in [0.25, 0.3) is 11.8 Å². The predicted molar refractivity (Wildman–Crippen MR) is 132 cm³/mol. The van der Waals surface area contributed by atoms with E-state index in [1.807, 2.05) is 17.5 Å². The number of benzene rings is 1. The van der Waals surface area contributed by atoms with Crippen LogP contribution in [0.15, 0.2) is 35.7 Å². The lowest BCUT2D eigenvalue weighted by Gasteiger charge is -2.31. The molecule has 3 aromatic rings. The number of hydrogen-bond acceptors (Lipinski definition) is 9. The average Bonchev–Trinajstić information content (AvgIpc) is 3.64. The summed E-state index contributed by atoms with van der Waals surface area (Å²) in [7, 11) is 0. The van der Waals surface area contributed by atoms with Crippen LogP contribution in [-0.2, 0) is 4.79 Å². The Kier molecular flexibility index (Phi) is 6.31. The summed E-state index contributed by atoms with van der Waals surface area (Å²) in [5, 5.41) is 4.96. The molecule has 1 aliphatic heterocycles. The van der Waals surface area contributed by atoms with Crippen LogP contribution in [0.1, 0.15) is 56.8 Å². The van der Waals surface area contributed by atoms with Crippen LogP contribution >= 0.6 is 22.9 Å². The van der Waals surface area contributed by atoms with Crippen molar-refractivity contribution >= 4 is 52.0 Å². The molecule has 5 rings (SSSR count). The molecular formula is C23H23N5O5S2. The van der Waals surface area contributed by atoms with Crippen molar-refractivity contribution < 1.29 is 23.9 Å². The first-order valence-electron chi connectivity index (χ1n) is 11.1. The van der Waals surface area contributed by atoms with Crippen molar-refractivity contribution in [2.24, 2.45) is 5.73 Å². The van der Waals surface area contributed by atoms with Crippen molar-refractivity contribution in [2.45, 2.75) is 37.8 Å². The number of fused-ring (bicyclic) bond motifs is 1. The third-order valence-corrected chi connectivity index (χ3v) is 7.81. The molecule has 3 heterocycles. The summed E-state index contributed by atoms with van der Waals surface area (Å²) >= 11 is 2.13. The molecule has 5 N–H and O–H groups in total. The lowest BCUT2D eigenvalue weighted by molar-refractivity contribution is -0.123. The van der Waals surface area contributed by atoms with E-state index in [2.05, 4.69) is 9.69 Å². The molecule has 3 amide bonds. The average molecular weight is 514 g/mol. The molecule has 12 heteroatoms. The van der Waals surface area contributed by atoms with Crippen molar-refractivity contribution in [2.75, 3.05) is 17.4 Å². The largest absolute Gasteiger partial charge is 0.454 e. The number of carbonyl (C=O) groups is 3. The third-order valence-electron chi connectivity index (χ3n) is 6.03. The highest BCUT2D eigenvalue weighted by Crippen LogP contribution is 2.40. The number of nitrogen functional groups attached to an aromatic ring is 1. The second-order valence-corrected chi connectivity index (χ2v) is 10.0. The Labute approximate surface area is 209 Å². The Bertz CT molecular complexity index is 1270. The van der Waals surface area contributed by atoms with Gasteiger partial charge >= 0.3 is 0 Å². The van der Waals surface area contributed by atoms with Gasteiger partial charge in [-0.2, -0.15) is 4.37 Å². The molecule has 2 aliphatic rings.